The number of hydrogen-bond acceptors (Lipinski definition) is 3. The largest absolute Gasteiger partial charge is 0.490 e. The fourth-order valence-corrected chi connectivity index (χ4v) is 1.22. The number of benzene rings is 1. The van der Waals surface area contributed by atoms with Crippen molar-refractivity contribution in [3.63, 3.8) is 0 Å². The monoisotopic (exact) mass is 284 g/mol. The molecule has 100 valence electrons. The number of aliphatic hydroxyl groups is 1. The van der Waals surface area contributed by atoms with Crippen LogP contribution in [-0.2, 0) is 0 Å². The van der Waals surface area contributed by atoms with Crippen LogP contribution in [0.5, 0.6) is 5.75 Å². The maximum atomic E-state index is 12.0. The fraction of sp³-hybridized carbons (Fsp3) is 0.300. The van der Waals surface area contributed by atoms with Crippen LogP contribution in [0.25, 0.3) is 0 Å². The molecule has 0 aliphatic carbocycles. The Balaban J connectivity index is 2.84. The molecule has 1 unspecified atom stereocenters. The van der Waals surface area contributed by atoms with Crippen LogP contribution in [0.1, 0.15) is 10.4 Å². The second kappa shape index (κ2) is 5.45. The van der Waals surface area contributed by atoms with Crippen molar-refractivity contribution in [1.29, 1.82) is 0 Å². The molecule has 0 spiro atoms. The van der Waals surface area contributed by atoms with Gasteiger partial charge in [0.25, 0.3) is 0 Å². The van der Waals surface area contributed by atoms with Gasteiger partial charge in [0.2, 0.25) is 0 Å². The number of carboxylic acid groups (broad SMARTS) is 1. The third-order valence-electron chi connectivity index (χ3n) is 1.95. The van der Waals surface area contributed by atoms with Gasteiger partial charge in [0.1, 0.15) is 17.9 Å². The minimum absolute atomic E-state index is 0.108. The number of halogens is 4. The van der Waals surface area contributed by atoms with Gasteiger partial charge in [-0.05, 0) is 18.2 Å². The van der Waals surface area contributed by atoms with E-state index >= 15 is 0 Å². The van der Waals surface area contributed by atoms with Crippen molar-refractivity contribution in [1.82, 2.24) is 0 Å². The Morgan fingerprint density at radius 3 is 2.56 bits per heavy atom. The third-order valence-corrected chi connectivity index (χ3v) is 2.18. The standard InChI is InChI=1S/C10H8ClF3O4/c11-5-1-2-6(9(16)17)7(3-5)18-4-8(15)10(12,13)14/h1-3,8,15H,4H2,(H,16,17). The zero-order valence-corrected chi connectivity index (χ0v) is 9.50. The number of rotatable bonds is 4. The number of alkyl halides is 3. The topological polar surface area (TPSA) is 66.8 Å². The molecule has 1 aromatic carbocycles. The van der Waals surface area contributed by atoms with E-state index in [2.05, 4.69) is 4.74 Å². The summed E-state index contributed by atoms with van der Waals surface area (Å²) < 4.78 is 40.7. The Bertz CT molecular complexity index is 447. The van der Waals surface area contributed by atoms with Gasteiger partial charge < -0.3 is 14.9 Å². The van der Waals surface area contributed by atoms with Gasteiger partial charge in [0.15, 0.2) is 6.10 Å². The van der Waals surface area contributed by atoms with Crippen LogP contribution in [-0.4, -0.2) is 35.1 Å². The lowest BCUT2D eigenvalue weighted by Gasteiger charge is -2.16. The Kier molecular flexibility index (Phi) is 4.42. The molecule has 18 heavy (non-hydrogen) atoms. The lowest BCUT2D eigenvalue weighted by molar-refractivity contribution is -0.210. The first-order valence-electron chi connectivity index (χ1n) is 4.62. The number of carboxylic acids is 1. The molecular weight excluding hydrogens is 277 g/mol. The Morgan fingerprint density at radius 1 is 1.44 bits per heavy atom. The van der Waals surface area contributed by atoms with E-state index in [1.54, 1.807) is 0 Å². The zero-order chi connectivity index (χ0) is 13.9. The number of aliphatic hydroxyl groups excluding tert-OH is 1. The SMILES string of the molecule is O=C(O)c1ccc(Cl)cc1OCC(O)C(F)(F)F. The summed E-state index contributed by atoms with van der Waals surface area (Å²) in [5.74, 6) is -1.71. The summed E-state index contributed by atoms with van der Waals surface area (Å²) >= 11 is 5.57. The maximum Gasteiger partial charge on any atom is 0.417 e. The molecule has 2 N–H and O–H groups in total. The summed E-state index contributed by atoms with van der Waals surface area (Å²) in [6, 6.07) is 3.42. The van der Waals surface area contributed by atoms with Crippen LogP contribution < -0.4 is 4.74 Å². The quantitative estimate of drug-likeness (QED) is 0.890. The number of aromatic carboxylic acids is 1. The van der Waals surface area contributed by atoms with Crippen LogP contribution in [0, 0.1) is 0 Å². The molecule has 4 nitrogen and oxygen atoms in total. The van der Waals surface area contributed by atoms with E-state index in [9.17, 15) is 18.0 Å². The van der Waals surface area contributed by atoms with Gasteiger partial charge >= 0.3 is 12.1 Å². The average Bonchev–Trinajstić information content (AvgIpc) is 2.24. The van der Waals surface area contributed by atoms with Gasteiger partial charge in [-0.15, -0.1) is 0 Å². The highest BCUT2D eigenvalue weighted by Gasteiger charge is 2.38. The van der Waals surface area contributed by atoms with Crippen molar-refractivity contribution in [3.8, 4) is 5.75 Å². The molecule has 0 heterocycles. The van der Waals surface area contributed by atoms with Crippen LogP contribution >= 0.6 is 11.6 Å². The van der Waals surface area contributed by atoms with E-state index in [0.29, 0.717) is 0 Å². The maximum absolute atomic E-state index is 12.0. The summed E-state index contributed by atoms with van der Waals surface area (Å²) in [6.07, 6.45) is -7.53. The molecular formula is C10H8ClF3O4. The van der Waals surface area contributed by atoms with Crippen molar-refractivity contribution < 1.29 is 32.9 Å². The van der Waals surface area contributed by atoms with E-state index in [-0.39, 0.29) is 16.3 Å². The molecule has 0 aromatic heterocycles. The lowest BCUT2D eigenvalue weighted by Crippen LogP contribution is -2.34. The van der Waals surface area contributed by atoms with Crippen molar-refractivity contribution >= 4 is 17.6 Å². The summed E-state index contributed by atoms with van der Waals surface area (Å²) in [7, 11) is 0. The normalized spacial score (nSPS) is 13.2. The Hall–Kier alpha value is -1.47. The minimum Gasteiger partial charge on any atom is -0.490 e. The van der Waals surface area contributed by atoms with Crippen LogP contribution in [0.15, 0.2) is 18.2 Å². The van der Waals surface area contributed by atoms with Crippen LogP contribution in [0.3, 0.4) is 0 Å². The van der Waals surface area contributed by atoms with E-state index in [1.807, 2.05) is 0 Å². The second-order valence-corrected chi connectivity index (χ2v) is 3.75. The first-order valence-corrected chi connectivity index (χ1v) is 5.00. The van der Waals surface area contributed by atoms with Crippen molar-refractivity contribution in [2.24, 2.45) is 0 Å². The molecule has 0 aliphatic rings. The molecule has 8 heteroatoms. The first kappa shape index (κ1) is 14.6. The van der Waals surface area contributed by atoms with E-state index in [1.165, 1.54) is 6.07 Å². The van der Waals surface area contributed by atoms with E-state index < -0.39 is 24.9 Å². The van der Waals surface area contributed by atoms with Gasteiger partial charge in [-0.25, -0.2) is 4.79 Å². The molecule has 0 saturated carbocycles. The highest BCUT2D eigenvalue weighted by atomic mass is 35.5. The molecule has 0 saturated heterocycles. The molecule has 1 atom stereocenters. The Labute approximate surface area is 105 Å². The molecule has 0 radical (unpaired) electrons. The molecule has 1 aromatic rings. The zero-order valence-electron chi connectivity index (χ0n) is 8.74. The van der Waals surface area contributed by atoms with Gasteiger partial charge in [-0.3, -0.25) is 0 Å². The number of carbonyl (C=O) groups is 1. The molecule has 0 bridgehead atoms. The third kappa shape index (κ3) is 3.78. The summed E-state index contributed by atoms with van der Waals surface area (Å²) in [6.45, 7) is -1.11. The predicted octanol–water partition coefficient (Wildman–Crippen LogP) is 2.34. The van der Waals surface area contributed by atoms with Gasteiger partial charge in [0.05, 0.1) is 0 Å². The minimum atomic E-state index is -4.83. The van der Waals surface area contributed by atoms with Gasteiger partial charge in [-0.1, -0.05) is 11.6 Å². The van der Waals surface area contributed by atoms with Crippen LogP contribution in [0.4, 0.5) is 13.2 Å². The van der Waals surface area contributed by atoms with Crippen molar-refractivity contribution in [2.45, 2.75) is 12.3 Å². The van der Waals surface area contributed by atoms with Crippen molar-refractivity contribution in [3.05, 3.63) is 28.8 Å². The molecule has 0 aliphatic heterocycles. The van der Waals surface area contributed by atoms with Crippen molar-refractivity contribution in [2.75, 3.05) is 6.61 Å². The first-order chi connectivity index (χ1) is 8.21. The second-order valence-electron chi connectivity index (χ2n) is 3.31. The highest BCUT2D eigenvalue weighted by molar-refractivity contribution is 6.30. The summed E-state index contributed by atoms with van der Waals surface area (Å²) in [5, 5.41) is 17.6. The number of hydrogen-bond donors (Lipinski definition) is 2. The summed E-state index contributed by atoms with van der Waals surface area (Å²) in [4.78, 5) is 10.8. The fourth-order valence-electron chi connectivity index (χ4n) is 1.06. The average molecular weight is 285 g/mol. The highest BCUT2D eigenvalue weighted by Crippen LogP contribution is 2.25. The Morgan fingerprint density at radius 2 is 2.06 bits per heavy atom. The number of ether oxygens (including phenoxy) is 1. The molecule has 0 amide bonds. The van der Waals surface area contributed by atoms with Gasteiger partial charge in [0, 0.05) is 5.02 Å². The van der Waals surface area contributed by atoms with Crippen LogP contribution in [0.2, 0.25) is 5.02 Å². The summed E-state index contributed by atoms with van der Waals surface area (Å²) in [5.41, 5.74) is -0.339. The van der Waals surface area contributed by atoms with E-state index in [4.69, 9.17) is 21.8 Å². The molecule has 1 rings (SSSR count). The lowest BCUT2D eigenvalue weighted by atomic mass is 10.2. The molecule has 0 fully saturated rings. The van der Waals surface area contributed by atoms with E-state index in [0.717, 1.165) is 12.1 Å². The predicted molar refractivity (Wildman–Crippen MR) is 56.0 cm³/mol. The smallest absolute Gasteiger partial charge is 0.417 e. The van der Waals surface area contributed by atoms with Gasteiger partial charge in [-0.2, -0.15) is 13.2 Å².